The van der Waals surface area contributed by atoms with Crippen molar-refractivity contribution < 1.29 is 28.6 Å². The molecule has 83 heavy (non-hydrogen) atoms. The monoisotopic (exact) mass is 1160 g/mol. The Balaban J connectivity index is 4.23. The molecule has 6 nitrogen and oxygen atoms in total. The number of ether oxygens (including phenoxy) is 3. The predicted octanol–water partition coefficient (Wildman–Crippen LogP) is 25.5. The summed E-state index contributed by atoms with van der Waals surface area (Å²) in [6.45, 7) is 6.57. The first-order chi connectivity index (χ1) is 41.0. The van der Waals surface area contributed by atoms with E-state index < -0.39 is 6.10 Å². The quantitative estimate of drug-likeness (QED) is 0.0261. The summed E-state index contributed by atoms with van der Waals surface area (Å²) >= 11 is 0. The molecule has 0 aliphatic heterocycles. The van der Waals surface area contributed by atoms with Crippen LogP contribution < -0.4 is 0 Å². The molecule has 484 valence electrons. The molecular formula is C77H140O6. The lowest BCUT2D eigenvalue weighted by molar-refractivity contribution is -0.167. The van der Waals surface area contributed by atoms with Crippen molar-refractivity contribution in [2.45, 2.75) is 399 Å². The molecule has 1 unspecified atom stereocenters. The number of allylic oxidation sites excluding steroid dienone is 10. The maximum Gasteiger partial charge on any atom is 0.306 e. The van der Waals surface area contributed by atoms with E-state index >= 15 is 0 Å². The first kappa shape index (κ1) is 80.1. The van der Waals surface area contributed by atoms with E-state index in [2.05, 4.69) is 81.5 Å². The number of carbonyl (C=O) groups is 3. The van der Waals surface area contributed by atoms with Crippen molar-refractivity contribution in [3.05, 3.63) is 60.8 Å². The van der Waals surface area contributed by atoms with Gasteiger partial charge in [-0.3, -0.25) is 14.4 Å². The average Bonchev–Trinajstić information content (AvgIpc) is 3.49. The Hall–Kier alpha value is -2.89. The molecule has 0 saturated carbocycles. The third-order valence-corrected chi connectivity index (χ3v) is 16.5. The fourth-order valence-corrected chi connectivity index (χ4v) is 11.0. The van der Waals surface area contributed by atoms with E-state index in [0.717, 1.165) is 96.3 Å². The summed E-state index contributed by atoms with van der Waals surface area (Å²) in [5.41, 5.74) is 0. The van der Waals surface area contributed by atoms with Crippen LogP contribution >= 0.6 is 0 Å². The van der Waals surface area contributed by atoms with Crippen LogP contribution in [-0.2, 0) is 28.6 Å². The van der Waals surface area contributed by atoms with Gasteiger partial charge in [0.25, 0.3) is 0 Å². The zero-order valence-electron chi connectivity index (χ0n) is 55.7. The van der Waals surface area contributed by atoms with Gasteiger partial charge in [-0.25, -0.2) is 0 Å². The zero-order valence-corrected chi connectivity index (χ0v) is 55.7. The Labute approximate surface area is 517 Å². The molecule has 0 amide bonds. The topological polar surface area (TPSA) is 78.9 Å². The predicted molar refractivity (Wildman–Crippen MR) is 362 cm³/mol. The van der Waals surface area contributed by atoms with Gasteiger partial charge in [0.1, 0.15) is 13.2 Å². The molecule has 0 rings (SSSR count). The van der Waals surface area contributed by atoms with Gasteiger partial charge in [0.15, 0.2) is 6.10 Å². The number of esters is 3. The minimum atomic E-state index is -0.784. The molecule has 0 bridgehead atoms. The largest absolute Gasteiger partial charge is 0.462 e. The van der Waals surface area contributed by atoms with Gasteiger partial charge in [-0.15, -0.1) is 0 Å². The highest BCUT2D eigenvalue weighted by Crippen LogP contribution is 2.19. The second-order valence-corrected chi connectivity index (χ2v) is 24.8. The third kappa shape index (κ3) is 69.8. The smallest absolute Gasteiger partial charge is 0.306 e. The molecule has 0 aliphatic rings. The van der Waals surface area contributed by atoms with Gasteiger partial charge in [0, 0.05) is 19.3 Å². The van der Waals surface area contributed by atoms with E-state index in [1.165, 1.54) is 257 Å². The van der Waals surface area contributed by atoms with Crippen LogP contribution in [0.5, 0.6) is 0 Å². The highest BCUT2D eigenvalue weighted by atomic mass is 16.6. The van der Waals surface area contributed by atoms with Crippen molar-refractivity contribution in [2.24, 2.45) is 0 Å². The van der Waals surface area contributed by atoms with E-state index in [4.69, 9.17) is 14.2 Å². The first-order valence-electron chi connectivity index (χ1n) is 36.8. The maximum absolute atomic E-state index is 13.0. The summed E-state index contributed by atoms with van der Waals surface area (Å²) in [5.74, 6) is -0.871. The molecule has 0 N–H and O–H groups in total. The number of hydrogen-bond donors (Lipinski definition) is 0. The lowest BCUT2D eigenvalue weighted by Gasteiger charge is -2.18. The van der Waals surface area contributed by atoms with E-state index in [-0.39, 0.29) is 31.1 Å². The molecule has 0 aromatic heterocycles. The summed E-state index contributed by atoms with van der Waals surface area (Å²) in [4.78, 5) is 38.5. The van der Waals surface area contributed by atoms with Crippen molar-refractivity contribution in [3.63, 3.8) is 0 Å². The summed E-state index contributed by atoms with van der Waals surface area (Å²) in [6.07, 6.45) is 92.7. The number of carbonyl (C=O) groups excluding carboxylic acids is 3. The van der Waals surface area contributed by atoms with Gasteiger partial charge in [-0.05, 0) is 83.5 Å². The third-order valence-electron chi connectivity index (χ3n) is 16.5. The standard InChI is InChI=1S/C77H140O6/c1-4-7-10-13-16-19-22-25-28-31-33-34-35-36-37-38-39-40-41-42-43-44-47-49-52-55-58-61-64-67-70-76(79)82-73-74(72-81-75(78)69-66-63-60-57-54-51-48-45-30-27-24-21-18-15-12-9-6-3)83-77(80)71-68-65-62-59-56-53-50-46-32-29-26-23-20-17-14-11-8-5-2/h9,12,18,20-21,23,27,29-30,32,74H,4-8,10-11,13-17,19,22,24-26,28,31,33-73H2,1-3H3/b12-9-,21-18-,23-20-,30-27-,32-29-. The van der Waals surface area contributed by atoms with E-state index in [1.54, 1.807) is 0 Å². The Morgan fingerprint density at radius 3 is 0.747 bits per heavy atom. The van der Waals surface area contributed by atoms with Crippen LogP contribution in [0, 0.1) is 0 Å². The molecule has 0 saturated heterocycles. The van der Waals surface area contributed by atoms with Gasteiger partial charge >= 0.3 is 17.9 Å². The van der Waals surface area contributed by atoms with Crippen molar-refractivity contribution >= 4 is 17.9 Å². The minimum Gasteiger partial charge on any atom is -0.462 e. The van der Waals surface area contributed by atoms with Gasteiger partial charge in [0.05, 0.1) is 0 Å². The molecule has 0 aromatic rings. The van der Waals surface area contributed by atoms with Crippen molar-refractivity contribution in [3.8, 4) is 0 Å². The summed E-state index contributed by atoms with van der Waals surface area (Å²) < 4.78 is 17.0. The van der Waals surface area contributed by atoms with Crippen LogP contribution in [0.15, 0.2) is 60.8 Å². The highest BCUT2D eigenvalue weighted by Gasteiger charge is 2.19. The molecule has 1 atom stereocenters. The summed E-state index contributed by atoms with van der Waals surface area (Å²) in [7, 11) is 0. The molecule has 0 aromatic carbocycles. The van der Waals surface area contributed by atoms with Gasteiger partial charge in [-0.2, -0.15) is 0 Å². The van der Waals surface area contributed by atoms with Gasteiger partial charge < -0.3 is 14.2 Å². The van der Waals surface area contributed by atoms with Gasteiger partial charge in [0.2, 0.25) is 0 Å². The Morgan fingerprint density at radius 2 is 0.470 bits per heavy atom. The summed E-state index contributed by atoms with van der Waals surface area (Å²) in [5, 5.41) is 0. The van der Waals surface area contributed by atoms with E-state index in [9.17, 15) is 14.4 Å². The maximum atomic E-state index is 13.0. The molecule has 0 radical (unpaired) electrons. The first-order valence-corrected chi connectivity index (χ1v) is 36.8. The molecule has 6 heteroatoms. The highest BCUT2D eigenvalue weighted by molar-refractivity contribution is 5.71. The molecular weight excluding hydrogens is 1020 g/mol. The van der Waals surface area contributed by atoms with Crippen molar-refractivity contribution in [1.29, 1.82) is 0 Å². The van der Waals surface area contributed by atoms with E-state index in [0.29, 0.717) is 19.3 Å². The molecule has 0 fully saturated rings. The van der Waals surface area contributed by atoms with Crippen molar-refractivity contribution in [1.82, 2.24) is 0 Å². The second kappa shape index (κ2) is 71.6. The molecule has 0 heterocycles. The minimum absolute atomic E-state index is 0.0771. The van der Waals surface area contributed by atoms with Gasteiger partial charge in [-0.1, -0.05) is 351 Å². The number of rotatable bonds is 68. The lowest BCUT2D eigenvalue weighted by atomic mass is 10.0. The average molecular weight is 1160 g/mol. The number of unbranched alkanes of at least 4 members (excludes halogenated alkanes) is 47. The van der Waals surface area contributed by atoms with Crippen LogP contribution in [0.3, 0.4) is 0 Å². The van der Waals surface area contributed by atoms with Crippen LogP contribution in [-0.4, -0.2) is 37.2 Å². The Bertz CT molecular complexity index is 1470. The Morgan fingerprint density at radius 1 is 0.253 bits per heavy atom. The summed E-state index contributed by atoms with van der Waals surface area (Å²) in [6, 6.07) is 0. The number of hydrogen-bond acceptors (Lipinski definition) is 6. The van der Waals surface area contributed by atoms with Crippen LogP contribution in [0.4, 0.5) is 0 Å². The van der Waals surface area contributed by atoms with Crippen LogP contribution in [0.2, 0.25) is 0 Å². The molecule has 0 spiro atoms. The second-order valence-electron chi connectivity index (χ2n) is 24.8. The Kier molecular flexibility index (Phi) is 69.1. The normalized spacial score (nSPS) is 12.4. The van der Waals surface area contributed by atoms with Crippen molar-refractivity contribution in [2.75, 3.05) is 13.2 Å². The fourth-order valence-electron chi connectivity index (χ4n) is 11.0. The SMILES string of the molecule is CC/C=C\C/C=C\C/C=C\CCCCCCCCCC(=O)OCC(COC(=O)CCCCCCCCCCCCCCCCCCCCCCCCCCCCCCCC)OC(=O)CCCCCCCCC/C=C\C/C=C\CCCCCC. The van der Waals surface area contributed by atoms with E-state index in [1.807, 2.05) is 0 Å². The van der Waals surface area contributed by atoms with Crippen LogP contribution in [0.25, 0.3) is 0 Å². The zero-order chi connectivity index (χ0) is 59.9. The fraction of sp³-hybridized carbons (Fsp3) is 0.831. The molecule has 0 aliphatic carbocycles. The lowest BCUT2D eigenvalue weighted by Crippen LogP contribution is -2.30. The van der Waals surface area contributed by atoms with Crippen LogP contribution in [0.1, 0.15) is 393 Å².